The molecule has 110 valence electrons. The SMILES string of the molecule is CCCOc1cc(NCC(=O)N2CCCCC2)ncn1. The first-order valence-corrected chi connectivity index (χ1v) is 7.26. The summed E-state index contributed by atoms with van der Waals surface area (Å²) in [4.78, 5) is 22.0. The molecule has 1 aromatic rings. The lowest BCUT2D eigenvalue weighted by Crippen LogP contribution is -2.39. The van der Waals surface area contributed by atoms with Crippen molar-refractivity contribution in [3.8, 4) is 5.88 Å². The normalized spacial score (nSPS) is 14.9. The Labute approximate surface area is 119 Å². The molecule has 1 saturated heterocycles. The summed E-state index contributed by atoms with van der Waals surface area (Å²) in [5, 5.41) is 3.04. The Balaban J connectivity index is 1.82. The lowest BCUT2D eigenvalue weighted by atomic mass is 10.1. The second-order valence-corrected chi connectivity index (χ2v) is 4.88. The van der Waals surface area contributed by atoms with Gasteiger partial charge in [0, 0.05) is 19.2 Å². The Morgan fingerprint density at radius 3 is 2.90 bits per heavy atom. The third-order valence-corrected chi connectivity index (χ3v) is 3.23. The molecule has 20 heavy (non-hydrogen) atoms. The Morgan fingerprint density at radius 1 is 1.35 bits per heavy atom. The van der Waals surface area contributed by atoms with Gasteiger partial charge in [0.15, 0.2) is 0 Å². The summed E-state index contributed by atoms with van der Waals surface area (Å²) in [5.41, 5.74) is 0. The summed E-state index contributed by atoms with van der Waals surface area (Å²) in [6, 6.07) is 1.72. The number of rotatable bonds is 6. The molecule has 1 aromatic heterocycles. The van der Waals surface area contributed by atoms with Crippen molar-refractivity contribution in [2.45, 2.75) is 32.6 Å². The lowest BCUT2D eigenvalue weighted by molar-refractivity contribution is -0.130. The summed E-state index contributed by atoms with van der Waals surface area (Å²) in [7, 11) is 0. The zero-order chi connectivity index (χ0) is 14.2. The van der Waals surface area contributed by atoms with E-state index < -0.39 is 0 Å². The maximum Gasteiger partial charge on any atom is 0.241 e. The number of hydrogen-bond donors (Lipinski definition) is 1. The molecule has 1 aliphatic heterocycles. The van der Waals surface area contributed by atoms with E-state index in [0.29, 0.717) is 18.3 Å². The molecule has 0 radical (unpaired) electrons. The Kier molecular flexibility index (Phi) is 5.58. The zero-order valence-electron chi connectivity index (χ0n) is 12.0. The van der Waals surface area contributed by atoms with E-state index in [1.54, 1.807) is 6.07 Å². The van der Waals surface area contributed by atoms with Crippen molar-refractivity contribution < 1.29 is 9.53 Å². The molecule has 2 rings (SSSR count). The molecule has 6 nitrogen and oxygen atoms in total. The fourth-order valence-corrected chi connectivity index (χ4v) is 2.14. The van der Waals surface area contributed by atoms with Crippen molar-refractivity contribution in [1.82, 2.24) is 14.9 Å². The Morgan fingerprint density at radius 2 is 2.15 bits per heavy atom. The highest BCUT2D eigenvalue weighted by Crippen LogP contribution is 2.12. The number of carbonyl (C=O) groups excluding carboxylic acids is 1. The quantitative estimate of drug-likeness (QED) is 0.857. The third kappa shape index (κ3) is 4.36. The minimum Gasteiger partial charge on any atom is -0.478 e. The highest BCUT2D eigenvalue weighted by Gasteiger charge is 2.16. The largest absolute Gasteiger partial charge is 0.478 e. The van der Waals surface area contributed by atoms with Gasteiger partial charge in [0.2, 0.25) is 11.8 Å². The van der Waals surface area contributed by atoms with Crippen LogP contribution in [0.4, 0.5) is 5.82 Å². The van der Waals surface area contributed by atoms with Gasteiger partial charge < -0.3 is 15.0 Å². The highest BCUT2D eigenvalue weighted by atomic mass is 16.5. The Hall–Kier alpha value is -1.85. The number of carbonyl (C=O) groups is 1. The van der Waals surface area contributed by atoms with Crippen LogP contribution in [0.1, 0.15) is 32.6 Å². The third-order valence-electron chi connectivity index (χ3n) is 3.23. The molecule has 0 saturated carbocycles. The maximum atomic E-state index is 12.0. The smallest absolute Gasteiger partial charge is 0.241 e. The fraction of sp³-hybridized carbons (Fsp3) is 0.643. The van der Waals surface area contributed by atoms with Crippen molar-refractivity contribution in [1.29, 1.82) is 0 Å². The molecular weight excluding hydrogens is 256 g/mol. The second-order valence-electron chi connectivity index (χ2n) is 4.88. The lowest BCUT2D eigenvalue weighted by Gasteiger charge is -2.26. The van der Waals surface area contributed by atoms with Gasteiger partial charge in [0.1, 0.15) is 12.1 Å². The van der Waals surface area contributed by atoms with Crippen LogP contribution >= 0.6 is 0 Å². The summed E-state index contributed by atoms with van der Waals surface area (Å²) in [5.74, 6) is 1.28. The predicted octanol–water partition coefficient (Wildman–Crippen LogP) is 1.69. The van der Waals surface area contributed by atoms with Gasteiger partial charge in [-0.3, -0.25) is 4.79 Å². The van der Waals surface area contributed by atoms with Crippen LogP contribution in [0.25, 0.3) is 0 Å². The summed E-state index contributed by atoms with van der Waals surface area (Å²) in [6.45, 7) is 4.68. The minimum absolute atomic E-state index is 0.124. The number of nitrogens with one attached hydrogen (secondary N) is 1. The van der Waals surface area contributed by atoms with Crippen molar-refractivity contribution in [2.75, 3.05) is 31.6 Å². The molecule has 0 aliphatic carbocycles. The molecule has 1 N–H and O–H groups in total. The van der Waals surface area contributed by atoms with E-state index >= 15 is 0 Å². The molecule has 1 fully saturated rings. The molecular formula is C14H22N4O2. The van der Waals surface area contributed by atoms with Gasteiger partial charge in [-0.1, -0.05) is 6.92 Å². The van der Waals surface area contributed by atoms with Gasteiger partial charge in [-0.25, -0.2) is 9.97 Å². The number of ether oxygens (including phenoxy) is 1. The van der Waals surface area contributed by atoms with Crippen LogP contribution in [0.15, 0.2) is 12.4 Å². The fourth-order valence-electron chi connectivity index (χ4n) is 2.14. The van der Waals surface area contributed by atoms with E-state index in [0.717, 1.165) is 32.4 Å². The number of anilines is 1. The molecule has 2 heterocycles. The number of hydrogen-bond acceptors (Lipinski definition) is 5. The van der Waals surface area contributed by atoms with Gasteiger partial charge in [-0.05, 0) is 25.7 Å². The van der Waals surface area contributed by atoms with Crippen LogP contribution in [0.5, 0.6) is 5.88 Å². The first-order chi connectivity index (χ1) is 9.79. The van der Waals surface area contributed by atoms with E-state index in [-0.39, 0.29) is 12.5 Å². The zero-order valence-corrected chi connectivity index (χ0v) is 12.0. The van der Waals surface area contributed by atoms with Crippen molar-refractivity contribution in [3.63, 3.8) is 0 Å². The van der Waals surface area contributed by atoms with Crippen molar-refractivity contribution in [3.05, 3.63) is 12.4 Å². The molecule has 6 heteroatoms. The molecule has 0 atom stereocenters. The standard InChI is InChI=1S/C14H22N4O2/c1-2-8-20-13-9-12(16-11-17-13)15-10-14(19)18-6-4-3-5-7-18/h9,11H,2-8,10H2,1H3,(H,15,16,17). The number of nitrogens with zero attached hydrogens (tertiary/aromatic N) is 3. The summed E-state index contributed by atoms with van der Waals surface area (Å²) in [6.07, 6.45) is 5.81. The van der Waals surface area contributed by atoms with E-state index in [1.165, 1.54) is 12.7 Å². The second kappa shape index (κ2) is 7.67. The number of aromatic nitrogens is 2. The van der Waals surface area contributed by atoms with Crippen molar-refractivity contribution in [2.24, 2.45) is 0 Å². The highest BCUT2D eigenvalue weighted by molar-refractivity contribution is 5.80. The first kappa shape index (κ1) is 14.6. The summed E-state index contributed by atoms with van der Waals surface area (Å²) < 4.78 is 5.43. The van der Waals surface area contributed by atoms with Crippen LogP contribution in [-0.2, 0) is 4.79 Å². The van der Waals surface area contributed by atoms with Crippen LogP contribution in [0.3, 0.4) is 0 Å². The molecule has 0 bridgehead atoms. The molecule has 0 aromatic carbocycles. The number of amides is 1. The monoisotopic (exact) mass is 278 g/mol. The molecule has 1 aliphatic rings. The molecule has 0 spiro atoms. The van der Waals surface area contributed by atoms with E-state index in [1.807, 2.05) is 11.8 Å². The summed E-state index contributed by atoms with van der Waals surface area (Å²) >= 11 is 0. The minimum atomic E-state index is 0.124. The Bertz CT molecular complexity index is 433. The van der Waals surface area contributed by atoms with E-state index in [2.05, 4.69) is 15.3 Å². The topological polar surface area (TPSA) is 67.3 Å². The van der Waals surface area contributed by atoms with Gasteiger partial charge >= 0.3 is 0 Å². The van der Waals surface area contributed by atoms with E-state index in [4.69, 9.17) is 4.74 Å². The average Bonchev–Trinajstić information content (AvgIpc) is 2.52. The van der Waals surface area contributed by atoms with Gasteiger partial charge in [0.25, 0.3) is 0 Å². The first-order valence-electron chi connectivity index (χ1n) is 7.26. The molecule has 0 unspecified atom stereocenters. The van der Waals surface area contributed by atoms with Crippen LogP contribution < -0.4 is 10.1 Å². The van der Waals surface area contributed by atoms with E-state index in [9.17, 15) is 4.79 Å². The number of likely N-dealkylation sites (tertiary alicyclic amines) is 1. The van der Waals surface area contributed by atoms with Gasteiger partial charge in [-0.2, -0.15) is 0 Å². The average molecular weight is 278 g/mol. The van der Waals surface area contributed by atoms with Gasteiger partial charge in [-0.15, -0.1) is 0 Å². The molecule has 1 amide bonds. The van der Waals surface area contributed by atoms with Crippen LogP contribution in [0.2, 0.25) is 0 Å². The number of piperidine rings is 1. The van der Waals surface area contributed by atoms with Crippen molar-refractivity contribution >= 4 is 11.7 Å². The van der Waals surface area contributed by atoms with Crippen LogP contribution in [0, 0.1) is 0 Å². The van der Waals surface area contributed by atoms with Crippen LogP contribution in [-0.4, -0.2) is 47.0 Å². The predicted molar refractivity (Wildman–Crippen MR) is 76.7 cm³/mol. The van der Waals surface area contributed by atoms with Gasteiger partial charge in [0.05, 0.1) is 13.2 Å². The maximum absolute atomic E-state index is 12.0.